The van der Waals surface area contributed by atoms with Crippen LogP contribution in [0.5, 0.6) is 0 Å². The molecular weight excluding hydrogens is 346 g/mol. The van der Waals surface area contributed by atoms with Gasteiger partial charge in [-0.05, 0) is 43.6 Å². The van der Waals surface area contributed by atoms with Gasteiger partial charge in [0.25, 0.3) is 0 Å². The maximum Gasteiger partial charge on any atom is 0.233 e. The van der Waals surface area contributed by atoms with Gasteiger partial charge in [0, 0.05) is 44.1 Å². The summed E-state index contributed by atoms with van der Waals surface area (Å²) in [7, 11) is 1.69. The van der Waals surface area contributed by atoms with E-state index in [-0.39, 0.29) is 5.91 Å². The average Bonchev–Trinajstić information content (AvgIpc) is 3.14. The minimum Gasteiger partial charge on any atom is -0.358 e. The van der Waals surface area contributed by atoms with Crippen molar-refractivity contribution in [1.82, 2.24) is 20.9 Å². The number of likely N-dealkylation sites (tertiary alicyclic amines) is 1. The quantitative estimate of drug-likeness (QED) is 0.475. The monoisotopic (exact) mass is 379 g/mol. The number of aliphatic imine (C=N–C) groups is 1. The number of nitrogens with zero attached hydrogens (tertiary/aromatic N) is 2. The third kappa shape index (κ3) is 7.33. The molecule has 0 radical (unpaired) electrons. The zero-order chi connectivity index (χ0) is 18.8. The molecule has 0 bridgehead atoms. The number of likely N-dealkylation sites (N-methyl/N-ethyl adjacent to an activating group) is 1. The minimum absolute atomic E-state index is 0.0889. The number of thiophene rings is 1. The molecule has 26 heavy (non-hydrogen) atoms. The topological polar surface area (TPSA) is 68.8 Å². The van der Waals surface area contributed by atoms with Crippen LogP contribution in [0.25, 0.3) is 0 Å². The van der Waals surface area contributed by atoms with Gasteiger partial charge in [0.1, 0.15) is 0 Å². The lowest BCUT2D eigenvalue weighted by atomic mass is 10.1. The Balaban J connectivity index is 1.77. The Morgan fingerprint density at radius 2 is 2.19 bits per heavy atom. The third-order valence-corrected chi connectivity index (χ3v) is 5.51. The Labute approximate surface area is 161 Å². The standard InChI is InChI=1S/C19H33N5OS/c1-4-21-19(22-13-15(2)12-17-6-5-11-26-17)23-16-7-9-24(10-8-16)14-18(25)20-3/h5-6,11,15-16H,4,7-10,12-14H2,1-3H3,(H,20,25)(H2,21,22,23). The molecule has 2 heterocycles. The molecule has 3 N–H and O–H groups in total. The van der Waals surface area contributed by atoms with Gasteiger partial charge in [-0.3, -0.25) is 14.7 Å². The van der Waals surface area contributed by atoms with Crippen LogP contribution in [0.15, 0.2) is 22.5 Å². The predicted octanol–water partition coefficient (Wildman–Crippen LogP) is 1.69. The lowest BCUT2D eigenvalue weighted by molar-refractivity contribution is -0.122. The molecule has 0 aliphatic carbocycles. The van der Waals surface area contributed by atoms with Crippen molar-refractivity contribution < 1.29 is 4.79 Å². The zero-order valence-electron chi connectivity index (χ0n) is 16.3. The van der Waals surface area contributed by atoms with E-state index in [4.69, 9.17) is 4.99 Å². The Bertz CT molecular complexity index is 552. The second kappa shape index (κ2) is 11.2. The van der Waals surface area contributed by atoms with Crippen molar-refractivity contribution in [2.75, 3.05) is 39.8 Å². The number of hydrogen-bond donors (Lipinski definition) is 3. The fourth-order valence-corrected chi connectivity index (χ4v) is 3.98. The second-order valence-corrected chi connectivity index (χ2v) is 8.01. The summed E-state index contributed by atoms with van der Waals surface area (Å²) in [6, 6.07) is 4.72. The van der Waals surface area contributed by atoms with Crippen LogP contribution in [0, 0.1) is 5.92 Å². The fourth-order valence-electron chi connectivity index (χ4n) is 3.11. The largest absolute Gasteiger partial charge is 0.358 e. The number of amides is 1. The minimum atomic E-state index is 0.0889. The molecule has 1 unspecified atom stereocenters. The highest BCUT2D eigenvalue weighted by atomic mass is 32.1. The Morgan fingerprint density at radius 3 is 2.81 bits per heavy atom. The first kappa shape index (κ1) is 20.7. The van der Waals surface area contributed by atoms with Crippen LogP contribution in [-0.4, -0.2) is 62.6 Å². The van der Waals surface area contributed by atoms with Crippen LogP contribution >= 0.6 is 11.3 Å². The highest BCUT2D eigenvalue weighted by Crippen LogP contribution is 2.14. The van der Waals surface area contributed by atoms with E-state index in [1.54, 1.807) is 7.05 Å². The zero-order valence-corrected chi connectivity index (χ0v) is 17.1. The van der Waals surface area contributed by atoms with Crippen LogP contribution in [0.4, 0.5) is 0 Å². The molecule has 1 saturated heterocycles. The van der Waals surface area contributed by atoms with Crippen molar-refractivity contribution in [3.63, 3.8) is 0 Å². The maximum atomic E-state index is 11.5. The van der Waals surface area contributed by atoms with Crippen molar-refractivity contribution in [2.24, 2.45) is 10.9 Å². The molecule has 1 atom stereocenters. The van der Waals surface area contributed by atoms with Gasteiger partial charge in [-0.2, -0.15) is 0 Å². The highest BCUT2D eigenvalue weighted by molar-refractivity contribution is 7.09. The van der Waals surface area contributed by atoms with E-state index >= 15 is 0 Å². The summed E-state index contributed by atoms with van der Waals surface area (Å²) in [5, 5.41) is 11.8. The molecule has 1 aliphatic heterocycles. The lowest BCUT2D eigenvalue weighted by Gasteiger charge is -2.32. The molecule has 0 saturated carbocycles. The van der Waals surface area contributed by atoms with E-state index in [1.807, 2.05) is 11.3 Å². The van der Waals surface area contributed by atoms with Crippen LogP contribution < -0.4 is 16.0 Å². The molecule has 7 heteroatoms. The van der Waals surface area contributed by atoms with E-state index < -0.39 is 0 Å². The van der Waals surface area contributed by atoms with E-state index in [0.29, 0.717) is 18.5 Å². The molecule has 1 fully saturated rings. The average molecular weight is 380 g/mol. The Morgan fingerprint density at radius 1 is 1.42 bits per heavy atom. The van der Waals surface area contributed by atoms with Gasteiger partial charge in [0.15, 0.2) is 5.96 Å². The van der Waals surface area contributed by atoms with Gasteiger partial charge in [-0.15, -0.1) is 11.3 Å². The van der Waals surface area contributed by atoms with E-state index in [0.717, 1.165) is 51.4 Å². The number of carbonyl (C=O) groups excluding carboxylic acids is 1. The number of guanidine groups is 1. The second-order valence-electron chi connectivity index (χ2n) is 6.98. The summed E-state index contributed by atoms with van der Waals surface area (Å²) in [5.41, 5.74) is 0. The number of hydrogen-bond acceptors (Lipinski definition) is 4. The summed E-state index contributed by atoms with van der Waals surface area (Å²) < 4.78 is 0. The molecular formula is C19H33N5OS. The molecule has 1 aromatic rings. The Hall–Kier alpha value is -1.60. The van der Waals surface area contributed by atoms with Gasteiger partial charge in [0.05, 0.1) is 6.54 Å². The normalized spacial score (nSPS) is 17.7. The molecule has 2 rings (SSSR count). The summed E-state index contributed by atoms with van der Waals surface area (Å²) in [6.45, 7) is 8.42. The van der Waals surface area contributed by atoms with Gasteiger partial charge in [0.2, 0.25) is 5.91 Å². The molecule has 0 spiro atoms. The van der Waals surface area contributed by atoms with E-state index in [1.165, 1.54) is 4.88 Å². The van der Waals surface area contributed by atoms with Gasteiger partial charge in [-0.25, -0.2) is 0 Å². The van der Waals surface area contributed by atoms with Crippen molar-refractivity contribution in [3.8, 4) is 0 Å². The van der Waals surface area contributed by atoms with Crippen LogP contribution in [-0.2, 0) is 11.2 Å². The van der Waals surface area contributed by atoms with Crippen molar-refractivity contribution in [1.29, 1.82) is 0 Å². The van der Waals surface area contributed by atoms with Gasteiger partial charge in [-0.1, -0.05) is 13.0 Å². The highest BCUT2D eigenvalue weighted by Gasteiger charge is 2.21. The van der Waals surface area contributed by atoms with Crippen molar-refractivity contribution in [3.05, 3.63) is 22.4 Å². The SMILES string of the molecule is CCNC(=NCC(C)Cc1cccs1)NC1CCN(CC(=O)NC)CC1. The number of carbonyl (C=O) groups is 1. The van der Waals surface area contributed by atoms with Crippen molar-refractivity contribution >= 4 is 23.2 Å². The third-order valence-electron chi connectivity index (χ3n) is 4.61. The summed E-state index contributed by atoms with van der Waals surface area (Å²) in [4.78, 5) is 19.9. The first-order chi connectivity index (χ1) is 12.6. The fraction of sp³-hybridized carbons (Fsp3) is 0.684. The number of piperidine rings is 1. The molecule has 1 aliphatic rings. The molecule has 1 aromatic heterocycles. The van der Waals surface area contributed by atoms with Crippen LogP contribution in [0.1, 0.15) is 31.6 Å². The van der Waals surface area contributed by atoms with Gasteiger partial charge >= 0.3 is 0 Å². The molecule has 1 amide bonds. The van der Waals surface area contributed by atoms with E-state index in [9.17, 15) is 4.79 Å². The summed E-state index contributed by atoms with van der Waals surface area (Å²) in [6.07, 6.45) is 3.15. The smallest absolute Gasteiger partial charge is 0.233 e. The van der Waals surface area contributed by atoms with Crippen molar-refractivity contribution in [2.45, 2.75) is 39.2 Å². The van der Waals surface area contributed by atoms with Gasteiger partial charge < -0.3 is 16.0 Å². The summed E-state index contributed by atoms with van der Waals surface area (Å²) in [5.74, 6) is 1.53. The lowest BCUT2D eigenvalue weighted by Crippen LogP contribution is -2.50. The Kier molecular flexibility index (Phi) is 8.91. The van der Waals surface area contributed by atoms with Crippen LogP contribution in [0.2, 0.25) is 0 Å². The first-order valence-corrected chi connectivity index (χ1v) is 10.5. The number of rotatable bonds is 8. The van der Waals surface area contributed by atoms with E-state index in [2.05, 4.69) is 52.2 Å². The number of nitrogens with one attached hydrogen (secondary N) is 3. The van der Waals surface area contributed by atoms with Crippen LogP contribution in [0.3, 0.4) is 0 Å². The molecule has 0 aromatic carbocycles. The first-order valence-electron chi connectivity index (χ1n) is 9.60. The maximum absolute atomic E-state index is 11.5. The molecule has 6 nitrogen and oxygen atoms in total. The summed E-state index contributed by atoms with van der Waals surface area (Å²) >= 11 is 1.82. The predicted molar refractivity (Wildman–Crippen MR) is 110 cm³/mol. The molecule has 146 valence electrons.